The van der Waals surface area contributed by atoms with Crippen LogP contribution in [0.4, 0.5) is 0 Å². The molecule has 0 atom stereocenters. The van der Waals surface area contributed by atoms with E-state index in [1.807, 2.05) is 25.1 Å². The highest BCUT2D eigenvalue weighted by Gasteiger charge is 2.20. The van der Waals surface area contributed by atoms with E-state index in [0.717, 1.165) is 11.1 Å². The molecule has 0 fully saturated rings. The van der Waals surface area contributed by atoms with Gasteiger partial charge in [0.2, 0.25) is 5.65 Å². The Morgan fingerprint density at radius 3 is 2.86 bits per heavy atom. The van der Waals surface area contributed by atoms with E-state index in [1.165, 1.54) is 0 Å². The lowest BCUT2D eigenvalue weighted by Crippen LogP contribution is -2.11. The summed E-state index contributed by atoms with van der Waals surface area (Å²) in [6.45, 7) is 5.72. The monoisotopic (exact) mass is 285 g/mol. The number of aryl methyl sites for hydroxylation is 2. The molecule has 6 heteroatoms. The normalized spacial score (nSPS) is 11.2. The maximum absolute atomic E-state index is 12.1. The van der Waals surface area contributed by atoms with Gasteiger partial charge in [0.1, 0.15) is 0 Å². The number of hydrogen-bond donors (Lipinski definition) is 1. The number of esters is 1. The van der Waals surface area contributed by atoms with E-state index >= 15 is 0 Å². The fraction of sp³-hybridized carbons (Fsp3) is 0.267. The largest absolute Gasteiger partial charge is 0.461 e. The highest BCUT2D eigenvalue weighted by molar-refractivity contribution is 5.91. The van der Waals surface area contributed by atoms with E-state index in [0.29, 0.717) is 11.2 Å². The summed E-state index contributed by atoms with van der Waals surface area (Å²) in [5.74, 6) is -0.515. The molecule has 0 saturated heterocycles. The summed E-state index contributed by atoms with van der Waals surface area (Å²) < 4.78 is 6.69. The summed E-state index contributed by atoms with van der Waals surface area (Å²) in [6, 6.07) is 5.71. The molecule has 0 bridgehead atoms. The van der Waals surface area contributed by atoms with Crippen LogP contribution >= 0.6 is 0 Å². The summed E-state index contributed by atoms with van der Waals surface area (Å²) in [7, 11) is 0. The number of ether oxygens (including phenoxy) is 1. The van der Waals surface area contributed by atoms with Crippen molar-refractivity contribution >= 4 is 22.6 Å². The lowest BCUT2D eigenvalue weighted by atomic mass is 10.2. The number of aromatic amines is 1. The molecular formula is C15H15N3O3. The summed E-state index contributed by atoms with van der Waals surface area (Å²) >= 11 is 0. The zero-order chi connectivity index (χ0) is 15.1. The van der Waals surface area contributed by atoms with Crippen molar-refractivity contribution in [1.82, 2.24) is 14.4 Å². The molecule has 0 aliphatic rings. The first-order chi connectivity index (χ1) is 10.0. The highest BCUT2D eigenvalue weighted by atomic mass is 16.5. The third-order valence-corrected chi connectivity index (χ3v) is 3.42. The minimum atomic E-state index is -0.515. The Labute approximate surface area is 120 Å². The van der Waals surface area contributed by atoms with Crippen molar-refractivity contribution in [3.63, 3.8) is 0 Å². The van der Waals surface area contributed by atoms with Crippen molar-refractivity contribution in [1.29, 1.82) is 0 Å². The second kappa shape index (κ2) is 4.73. The molecule has 1 N–H and O–H groups in total. The third-order valence-electron chi connectivity index (χ3n) is 3.42. The molecular weight excluding hydrogens is 270 g/mol. The molecule has 3 aromatic rings. The number of nitrogens with zero attached hydrogens (tertiary/aromatic N) is 2. The quantitative estimate of drug-likeness (QED) is 0.730. The Balaban J connectivity index is 2.43. The molecule has 0 aliphatic carbocycles. The lowest BCUT2D eigenvalue weighted by Gasteiger charge is -2.05. The Morgan fingerprint density at radius 1 is 1.38 bits per heavy atom. The molecule has 0 amide bonds. The van der Waals surface area contributed by atoms with Gasteiger partial charge in [-0.05, 0) is 38.5 Å². The molecule has 1 aromatic carbocycles. The number of carbonyl (C=O) groups is 1. The zero-order valence-corrected chi connectivity index (χ0v) is 12.1. The van der Waals surface area contributed by atoms with E-state index in [1.54, 1.807) is 18.2 Å². The van der Waals surface area contributed by atoms with Gasteiger partial charge in [-0.15, -0.1) is 0 Å². The summed E-state index contributed by atoms with van der Waals surface area (Å²) in [4.78, 5) is 31.0. The predicted molar refractivity (Wildman–Crippen MR) is 78.7 cm³/mol. The maximum Gasteiger partial charge on any atom is 0.358 e. The van der Waals surface area contributed by atoms with Crippen LogP contribution in [-0.2, 0) is 4.74 Å². The minimum absolute atomic E-state index is 0.177. The average Bonchev–Trinajstić information content (AvgIpc) is 2.79. The van der Waals surface area contributed by atoms with Crippen molar-refractivity contribution in [2.24, 2.45) is 0 Å². The number of aromatic nitrogens is 3. The van der Waals surface area contributed by atoms with Crippen molar-refractivity contribution < 1.29 is 9.53 Å². The van der Waals surface area contributed by atoms with Gasteiger partial charge in [-0.2, -0.15) is 0 Å². The average molecular weight is 285 g/mol. The number of imidazole rings is 1. The Morgan fingerprint density at radius 2 is 2.14 bits per heavy atom. The van der Waals surface area contributed by atoms with E-state index in [4.69, 9.17) is 4.74 Å². The fourth-order valence-corrected chi connectivity index (χ4v) is 2.45. The molecule has 108 valence electrons. The Bertz CT molecular complexity index is 921. The van der Waals surface area contributed by atoms with Gasteiger partial charge in [-0.3, -0.25) is 9.20 Å². The van der Waals surface area contributed by atoms with E-state index in [2.05, 4.69) is 9.97 Å². The number of rotatable bonds is 2. The summed E-state index contributed by atoms with van der Waals surface area (Å²) in [6.07, 6.45) is 0. The molecule has 0 spiro atoms. The van der Waals surface area contributed by atoms with E-state index in [9.17, 15) is 9.59 Å². The number of benzene rings is 1. The Kier molecular flexibility index (Phi) is 3.01. The smallest absolute Gasteiger partial charge is 0.358 e. The molecule has 0 aliphatic heterocycles. The SMILES string of the molecule is CCOC(=O)c1nc2c(=O)[nH]c3ccc(C)cc3n2c1C. The first-order valence-corrected chi connectivity index (χ1v) is 6.71. The minimum Gasteiger partial charge on any atom is -0.461 e. The van der Waals surface area contributed by atoms with E-state index < -0.39 is 5.97 Å². The first kappa shape index (κ1) is 13.4. The Hall–Kier alpha value is -2.63. The lowest BCUT2D eigenvalue weighted by molar-refractivity contribution is 0.0519. The van der Waals surface area contributed by atoms with Crippen molar-refractivity contribution in [2.45, 2.75) is 20.8 Å². The van der Waals surface area contributed by atoms with Gasteiger partial charge < -0.3 is 9.72 Å². The molecule has 0 radical (unpaired) electrons. The molecule has 2 heterocycles. The fourth-order valence-electron chi connectivity index (χ4n) is 2.45. The van der Waals surface area contributed by atoms with Gasteiger partial charge in [0.15, 0.2) is 5.69 Å². The van der Waals surface area contributed by atoms with Crippen LogP contribution in [0.1, 0.15) is 28.7 Å². The highest BCUT2D eigenvalue weighted by Crippen LogP contribution is 2.18. The van der Waals surface area contributed by atoms with Gasteiger partial charge in [-0.25, -0.2) is 9.78 Å². The summed E-state index contributed by atoms with van der Waals surface area (Å²) in [5.41, 5.74) is 3.22. The van der Waals surface area contributed by atoms with Crippen LogP contribution in [0.5, 0.6) is 0 Å². The molecule has 21 heavy (non-hydrogen) atoms. The first-order valence-electron chi connectivity index (χ1n) is 6.71. The summed E-state index contributed by atoms with van der Waals surface area (Å²) in [5, 5.41) is 0. The van der Waals surface area contributed by atoms with Crippen LogP contribution in [0.2, 0.25) is 0 Å². The van der Waals surface area contributed by atoms with Gasteiger partial charge in [0.25, 0.3) is 5.56 Å². The van der Waals surface area contributed by atoms with Crippen LogP contribution in [0, 0.1) is 13.8 Å². The number of fused-ring (bicyclic) bond motifs is 3. The van der Waals surface area contributed by atoms with Gasteiger partial charge >= 0.3 is 5.97 Å². The van der Waals surface area contributed by atoms with Crippen molar-refractivity contribution in [3.8, 4) is 0 Å². The number of carbonyl (C=O) groups excluding carboxylic acids is 1. The van der Waals surface area contributed by atoms with Crippen molar-refractivity contribution in [2.75, 3.05) is 6.61 Å². The number of nitrogens with one attached hydrogen (secondary N) is 1. The molecule has 3 rings (SSSR count). The second-order valence-corrected chi connectivity index (χ2v) is 4.90. The van der Waals surface area contributed by atoms with Gasteiger partial charge in [0.05, 0.1) is 23.3 Å². The molecule has 0 saturated carbocycles. The van der Waals surface area contributed by atoms with E-state index in [-0.39, 0.29) is 23.5 Å². The standard InChI is InChI=1S/C15H15N3O3/c1-4-21-15(20)12-9(3)18-11-7-8(2)5-6-10(11)16-14(19)13(18)17-12/h5-7H,4H2,1-3H3,(H,16,19). The zero-order valence-electron chi connectivity index (χ0n) is 12.1. The topological polar surface area (TPSA) is 76.5 Å². The van der Waals surface area contributed by atoms with Crippen LogP contribution in [0.25, 0.3) is 16.7 Å². The molecule has 6 nitrogen and oxygen atoms in total. The number of H-pyrrole nitrogens is 1. The molecule has 2 aromatic heterocycles. The van der Waals surface area contributed by atoms with Gasteiger partial charge in [-0.1, -0.05) is 6.07 Å². The van der Waals surface area contributed by atoms with Gasteiger partial charge in [0, 0.05) is 0 Å². The van der Waals surface area contributed by atoms with Crippen LogP contribution < -0.4 is 5.56 Å². The van der Waals surface area contributed by atoms with Crippen LogP contribution in [0.15, 0.2) is 23.0 Å². The van der Waals surface area contributed by atoms with Crippen molar-refractivity contribution in [3.05, 3.63) is 45.5 Å². The van der Waals surface area contributed by atoms with Crippen LogP contribution in [-0.4, -0.2) is 26.9 Å². The molecule has 0 unspecified atom stereocenters. The second-order valence-electron chi connectivity index (χ2n) is 4.90. The number of hydrogen-bond acceptors (Lipinski definition) is 4. The maximum atomic E-state index is 12.1. The third kappa shape index (κ3) is 1.99. The van der Waals surface area contributed by atoms with Crippen LogP contribution in [0.3, 0.4) is 0 Å². The predicted octanol–water partition coefficient (Wildman–Crippen LogP) is 1.97.